The van der Waals surface area contributed by atoms with Crippen LogP contribution in [-0.4, -0.2) is 56.3 Å². The van der Waals surface area contributed by atoms with Gasteiger partial charge in [-0.3, -0.25) is 19.8 Å². The number of nitrogens with zero attached hydrogens (tertiary/aromatic N) is 3. The summed E-state index contributed by atoms with van der Waals surface area (Å²) in [5.74, 6) is 1.30. The van der Waals surface area contributed by atoms with Crippen molar-refractivity contribution in [1.29, 1.82) is 0 Å². The number of nitrogens with one attached hydrogen (secondary N) is 2. The predicted octanol–water partition coefficient (Wildman–Crippen LogP) is 1.43. The van der Waals surface area contributed by atoms with Gasteiger partial charge in [0.25, 0.3) is 5.91 Å². The Kier molecular flexibility index (Phi) is 4.99. The molecule has 0 unspecified atom stereocenters. The van der Waals surface area contributed by atoms with Crippen molar-refractivity contribution >= 4 is 5.91 Å². The second-order valence-corrected chi connectivity index (χ2v) is 6.62. The molecule has 0 saturated carbocycles. The van der Waals surface area contributed by atoms with Gasteiger partial charge in [0.05, 0.1) is 18.7 Å². The largest absolute Gasteiger partial charge is 0.458 e. The van der Waals surface area contributed by atoms with Crippen molar-refractivity contribution in [2.75, 3.05) is 13.1 Å². The van der Waals surface area contributed by atoms with Gasteiger partial charge < -0.3 is 14.8 Å². The molecule has 0 aliphatic carbocycles. The second kappa shape index (κ2) is 7.73. The van der Waals surface area contributed by atoms with Crippen molar-refractivity contribution in [1.82, 2.24) is 25.4 Å². The molecule has 1 amide bonds. The molecule has 1 aliphatic rings. The lowest BCUT2D eigenvalue weighted by atomic mass is 10.0. The maximum absolute atomic E-state index is 12.2. The minimum Gasteiger partial charge on any atom is -0.458 e. The first-order valence-corrected chi connectivity index (χ1v) is 8.90. The Labute approximate surface area is 156 Å². The highest BCUT2D eigenvalue weighted by Crippen LogP contribution is 2.22. The fourth-order valence-electron chi connectivity index (χ4n) is 3.27. The van der Waals surface area contributed by atoms with Gasteiger partial charge in [-0.25, -0.2) is 0 Å². The van der Waals surface area contributed by atoms with Gasteiger partial charge in [0.1, 0.15) is 17.1 Å². The Morgan fingerprint density at radius 2 is 2.22 bits per heavy atom. The molecule has 4 heterocycles. The zero-order valence-corrected chi connectivity index (χ0v) is 14.7. The van der Waals surface area contributed by atoms with E-state index in [-0.39, 0.29) is 11.9 Å². The Balaban J connectivity index is 1.32. The van der Waals surface area contributed by atoms with Crippen LogP contribution >= 0.6 is 0 Å². The summed E-state index contributed by atoms with van der Waals surface area (Å²) in [6.07, 6.45) is 3.27. The van der Waals surface area contributed by atoms with Crippen LogP contribution in [0.4, 0.5) is 0 Å². The number of carbonyl (C=O) groups excluding carboxylic acids is 1. The van der Waals surface area contributed by atoms with Gasteiger partial charge in [-0.15, -0.1) is 0 Å². The molecule has 27 heavy (non-hydrogen) atoms. The first-order chi connectivity index (χ1) is 13.2. The molecule has 1 fully saturated rings. The summed E-state index contributed by atoms with van der Waals surface area (Å²) < 4.78 is 5.84. The molecule has 0 bridgehead atoms. The van der Waals surface area contributed by atoms with Crippen molar-refractivity contribution < 1.29 is 14.3 Å². The number of hydrogen-bond donors (Lipinski definition) is 3. The molecular formula is C19H21N5O3. The molecule has 0 radical (unpaired) electrons. The molecule has 8 heteroatoms. The third-order valence-electron chi connectivity index (χ3n) is 4.69. The lowest BCUT2D eigenvalue weighted by molar-refractivity contribution is 0.0326. The molecule has 1 aliphatic heterocycles. The van der Waals surface area contributed by atoms with E-state index in [4.69, 9.17) is 4.42 Å². The number of carbonyl (C=O) groups is 1. The molecule has 0 spiro atoms. The first kappa shape index (κ1) is 17.4. The summed E-state index contributed by atoms with van der Waals surface area (Å²) in [6.45, 7) is 1.82. The summed E-state index contributed by atoms with van der Waals surface area (Å²) in [5.41, 5.74) is 1.19. The van der Waals surface area contributed by atoms with Crippen LogP contribution in [0.2, 0.25) is 0 Å². The molecule has 3 aromatic heterocycles. The van der Waals surface area contributed by atoms with Crippen LogP contribution in [0.5, 0.6) is 0 Å². The average Bonchev–Trinajstić information content (AvgIpc) is 3.36. The third-order valence-corrected chi connectivity index (χ3v) is 4.69. The van der Waals surface area contributed by atoms with E-state index in [2.05, 4.69) is 25.4 Å². The topological polar surface area (TPSA) is 107 Å². The van der Waals surface area contributed by atoms with Crippen molar-refractivity contribution in [3.05, 3.63) is 60.2 Å². The number of hydrogen-bond acceptors (Lipinski definition) is 6. The number of aliphatic hydroxyl groups is 1. The molecule has 140 valence electrons. The van der Waals surface area contributed by atoms with Crippen molar-refractivity contribution in [3.63, 3.8) is 0 Å². The number of amides is 1. The van der Waals surface area contributed by atoms with Crippen LogP contribution in [0.1, 0.15) is 22.7 Å². The Hall–Kier alpha value is -2.97. The van der Waals surface area contributed by atoms with Gasteiger partial charge in [-0.2, -0.15) is 5.10 Å². The molecular weight excluding hydrogens is 346 g/mol. The summed E-state index contributed by atoms with van der Waals surface area (Å²) >= 11 is 0. The normalized spacial score (nSPS) is 20.5. The van der Waals surface area contributed by atoms with E-state index >= 15 is 0 Å². The lowest BCUT2D eigenvalue weighted by Crippen LogP contribution is -2.53. The summed E-state index contributed by atoms with van der Waals surface area (Å²) in [7, 11) is 0. The lowest BCUT2D eigenvalue weighted by Gasteiger charge is -2.35. The zero-order valence-electron chi connectivity index (χ0n) is 14.7. The van der Waals surface area contributed by atoms with E-state index in [1.807, 2.05) is 18.2 Å². The molecule has 8 nitrogen and oxygen atoms in total. The van der Waals surface area contributed by atoms with Crippen LogP contribution < -0.4 is 5.32 Å². The number of β-amino-alcohol motifs (C(OH)–C–C–N with tert-alkyl or cyclic N) is 1. The Morgan fingerprint density at radius 3 is 2.96 bits per heavy atom. The van der Waals surface area contributed by atoms with E-state index in [0.29, 0.717) is 25.2 Å². The maximum atomic E-state index is 12.2. The molecule has 3 aromatic rings. The monoisotopic (exact) mass is 367 g/mol. The minimum absolute atomic E-state index is 0.261. The van der Waals surface area contributed by atoms with Crippen LogP contribution in [0, 0.1) is 0 Å². The number of aliphatic hydroxyl groups excluding tert-OH is 1. The quantitative estimate of drug-likeness (QED) is 0.630. The second-order valence-electron chi connectivity index (χ2n) is 6.62. The van der Waals surface area contributed by atoms with Gasteiger partial charge >= 0.3 is 0 Å². The number of aromatic amines is 1. The van der Waals surface area contributed by atoms with E-state index < -0.39 is 6.10 Å². The third kappa shape index (κ3) is 4.07. The number of aromatic nitrogens is 3. The van der Waals surface area contributed by atoms with E-state index in [1.54, 1.807) is 30.6 Å². The van der Waals surface area contributed by atoms with Crippen molar-refractivity contribution in [2.45, 2.75) is 25.1 Å². The highest BCUT2D eigenvalue weighted by Gasteiger charge is 2.29. The van der Waals surface area contributed by atoms with Crippen LogP contribution in [0.15, 0.2) is 53.2 Å². The zero-order chi connectivity index (χ0) is 18.6. The van der Waals surface area contributed by atoms with Crippen LogP contribution in [0.25, 0.3) is 11.5 Å². The van der Waals surface area contributed by atoms with E-state index in [9.17, 15) is 9.90 Å². The number of rotatable bonds is 5. The van der Waals surface area contributed by atoms with Gasteiger partial charge in [0.2, 0.25) is 0 Å². The highest BCUT2D eigenvalue weighted by atomic mass is 16.3. The SMILES string of the molecule is O=C(N[C@@H]1CCN(Cc2ccc(-c3ccn[nH]3)o2)C[C@H]1O)c1ccccn1. The summed E-state index contributed by atoms with van der Waals surface area (Å²) in [4.78, 5) is 18.4. The van der Waals surface area contributed by atoms with Gasteiger partial charge in [0.15, 0.2) is 5.76 Å². The number of piperidine rings is 1. The van der Waals surface area contributed by atoms with Gasteiger partial charge in [-0.1, -0.05) is 6.07 Å². The van der Waals surface area contributed by atoms with Crippen molar-refractivity contribution in [3.8, 4) is 11.5 Å². The maximum Gasteiger partial charge on any atom is 0.270 e. The van der Waals surface area contributed by atoms with E-state index in [1.165, 1.54) is 0 Å². The molecule has 3 N–H and O–H groups in total. The fourth-order valence-corrected chi connectivity index (χ4v) is 3.27. The standard InChI is InChI=1S/C19H21N5O3/c25-17-12-24(11-13-4-5-18(27-13)15-6-9-21-23-15)10-7-14(17)22-19(26)16-3-1-2-8-20-16/h1-6,8-9,14,17,25H,7,10-12H2,(H,21,23)(H,22,26)/t14-,17-/m1/s1. The smallest absolute Gasteiger partial charge is 0.270 e. The predicted molar refractivity (Wildman–Crippen MR) is 97.7 cm³/mol. The number of H-pyrrole nitrogens is 1. The number of furan rings is 1. The summed E-state index contributed by atoms with van der Waals surface area (Å²) in [6, 6.07) is 10.6. The van der Waals surface area contributed by atoms with Crippen molar-refractivity contribution in [2.24, 2.45) is 0 Å². The number of likely N-dealkylation sites (tertiary alicyclic amines) is 1. The molecule has 4 rings (SSSR count). The van der Waals surface area contributed by atoms with Crippen LogP contribution in [0.3, 0.4) is 0 Å². The minimum atomic E-state index is -0.645. The molecule has 2 atom stereocenters. The van der Waals surface area contributed by atoms with Gasteiger partial charge in [0, 0.05) is 25.5 Å². The fraction of sp³-hybridized carbons (Fsp3) is 0.316. The van der Waals surface area contributed by atoms with E-state index in [0.717, 1.165) is 23.8 Å². The molecule has 0 aromatic carbocycles. The number of pyridine rings is 1. The first-order valence-electron chi connectivity index (χ1n) is 8.90. The van der Waals surface area contributed by atoms with Gasteiger partial charge in [-0.05, 0) is 36.8 Å². The van der Waals surface area contributed by atoms with Crippen LogP contribution in [-0.2, 0) is 6.54 Å². The molecule has 1 saturated heterocycles. The Morgan fingerprint density at radius 1 is 1.30 bits per heavy atom. The average molecular weight is 367 g/mol. The summed E-state index contributed by atoms with van der Waals surface area (Å²) in [5, 5.41) is 20.1. The highest BCUT2D eigenvalue weighted by molar-refractivity contribution is 5.92. The Bertz CT molecular complexity index is 878.